The molecule has 4 rings (SSSR count). The quantitative estimate of drug-likeness (QED) is 0.604. The topological polar surface area (TPSA) is 86.0 Å². The fourth-order valence-corrected chi connectivity index (χ4v) is 4.80. The Labute approximate surface area is 165 Å². The Morgan fingerprint density at radius 3 is 2.61 bits per heavy atom. The fraction of sp³-hybridized carbons (Fsp3) is 0.333. The van der Waals surface area contributed by atoms with Gasteiger partial charge in [0.2, 0.25) is 10.0 Å². The third-order valence-electron chi connectivity index (χ3n) is 4.44. The molecule has 0 spiro atoms. The van der Waals surface area contributed by atoms with Crippen molar-refractivity contribution in [3.8, 4) is 10.7 Å². The van der Waals surface area contributed by atoms with Gasteiger partial charge in [-0.25, -0.2) is 27.0 Å². The zero-order valence-electron chi connectivity index (χ0n) is 14.9. The Kier molecular flexibility index (Phi) is 5.17. The number of sulfonamides is 1. The minimum absolute atomic E-state index is 0.0506. The molecule has 0 saturated heterocycles. The van der Waals surface area contributed by atoms with Crippen molar-refractivity contribution in [1.29, 1.82) is 0 Å². The van der Waals surface area contributed by atoms with Crippen molar-refractivity contribution >= 4 is 21.4 Å². The molecular weight excluding hydrogens is 403 g/mol. The number of benzene rings is 1. The second kappa shape index (κ2) is 7.61. The van der Waals surface area contributed by atoms with Crippen molar-refractivity contribution in [2.75, 3.05) is 6.54 Å². The average Bonchev–Trinajstić information content (AvgIpc) is 3.22. The number of nitrogens with one attached hydrogen (secondary N) is 1. The zero-order valence-corrected chi connectivity index (χ0v) is 16.5. The van der Waals surface area contributed by atoms with Crippen molar-refractivity contribution in [3.05, 3.63) is 63.6 Å². The summed E-state index contributed by atoms with van der Waals surface area (Å²) >= 11 is 1.51. The van der Waals surface area contributed by atoms with Crippen molar-refractivity contribution in [3.63, 3.8) is 0 Å². The number of aromatic nitrogens is 3. The van der Waals surface area contributed by atoms with Crippen LogP contribution >= 0.6 is 11.3 Å². The van der Waals surface area contributed by atoms with E-state index in [2.05, 4.69) is 9.82 Å². The van der Waals surface area contributed by atoms with Gasteiger partial charge in [0.05, 0.1) is 17.2 Å². The lowest BCUT2D eigenvalue weighted by Crippen LogP contribution is -2.32. The van der Waals surface area contributed by atoms with Crippen LogP contribution < -0.4 is 10.4 Å². The molecule has 2 heterocycles. The summed E-state index contributed by atoms with van der Waals surface area (Å²) in [5.74, 6) is -0.0305. The third kappa shape index (κ3) is 4.23. The van der Waals surface area contributed by atoms with Gasteiger partial charge in [-0.1, -0.05) is 18.2 Å². The second-order valence-corrected chi connectivity index (χ2v) is 9.44. The van der Waals surface area contributed by atoms with E-state index in [-0.39, 0.29) is 30.6 Å². The van der Waals surface area contributed by atoms with E-state index < -0.39 is 15.8 Å². The van der Waals surface area contributed by atoms with Gasteiger partial charge in [0, 0.05) is 12.6 Å². The molecule has 0 amide bonds. The maximum atomic E-state index is 12.9. The Balaban J connectivity index is 1.44. The molecule has 0 bridgehead atoms. The van der Waals surface area contributed by atoms with Gasteiger partial charge in [-0.05, 0) is 42.0 Å². The normalized spacial score (nSPS) is 14.5. The van der Waals surface area contributed by atoms with Gasteiger partial charge >= 0.3 is 5.69 Å². The van der Waals surface area contributed by atoms with E-state index in [0.717, 1.165) is 17.7 Å². The maximum absolute atomic E-state index is 12.9. The highest BCUT2D eigenvalue weighted by Gasteiger charge is 2.30. The van der Waals surface area contributed by atoms with Crippen molar-refractivity contribution in [1.82, 2.24) is 19.1 Å². The van der Waals surface area contributed by atoms with Gasteiger partial charge in [0.1, 0.15) is 5.82 Å². The summed E-state index contributed by atoms with van der Waals surface area (Å²) in [6.07, 6.45) is 1.91. The van der Waals surface area contributed by atoms with E-state index in [1.54, 1.807) is 4.57 Å². The van der Waals surface area contributed by atoms with Crippen LogP contribution in [0.5, 0.6) is 0 Å². The van der Waals surface area contributed by atoms with Gasteiger partial charge < -0.3 is 0 Å². The van der Waals surface area contributed by atoms with Crippen LogP contribution in [0.15, 0.2) is 46.6 Å². The van der Waals surface area contributed by atoms with Gasteiger partial charge in [-0.3, -0.25) is 4.57 Å². The van der Waals surface area contributed by atoms with Gasteiger partial charge in [0.25, 0.3) is 0 Å². The number of thiophene rings is 1. The molecule has 0 aliphatic heterocycles. The molecule has 2 aromatic heterocycles. The van der Waals surface area contributed by atoms with Crippen molar-refractivity contribution in [2.45, 2.75) is 31.2 Å². The summed E-state index contributed by atoms with van der Waals surface area (Å²) in [5, 5.41) is 6.36. The van der Waals surface area contributed by atoms with Crippen LogP contribution in [0.1, 0.15) is 24.4 Å². The van der Waals surface area contributed by atoms with E-state index in [4.69, 9.17) is 0 Å². The summed E-state index contributed by atoms with van der Waals surface area (Å²) < 4.78 is 42.9. The highest BCUT2D eigenvalue weighted by atomic mass is 32.2. The molecule has 1 aromatic carbocycles. The maximum Gasteiger partial charge on any atom is 0.346 e. The molecule has 148 valence electrons. The molecule has 0 atom stereocenters. The summed E-state index contributed by atoms with van der Waals surface area (Å²) in [4.78, 5) is 13.6. The molecule has 0 radical (unpaired) electrons. The van der Waals surface area contributed by atoms with Gasteiger partial charge in [0.15, 0.2) is 5.82 Å². The SMILES string of the molecule is O=c1n(CCNS(=O)(=O)Cc2ccc(F)cc2)nc(-c2cccs2)n1C1CC1. The number of halogens is 1. The summed E-state index contributed by atoms with van der Waals surface area (Å²) in [5.41, 5.74) is 0.271. The van der Waals surface area contributed by atoms with Gasteiger partial charge in [-0.2, -0.15) is 0 Å². The smallest absolute Gasteiger partial charge is 0.271 e. The van der Waals surface area contributed by atoms with E-state index in [9.17, 15) is 17.6 Å². The van der Waals surface area contributed by atoms with Crippen molar-refractivity contribution < 1.29 is 12.8 Å². The Morgan fingerprint density at radius 1 is 1.21 bits per heavy atom. The van der Waals surface area contributed by atoms with E-state index in [0.29, 0.717) is 11.4 Å². The molecule has 10 heteroatoms. The predicted octanol–water partition coefficient (Wildman–Crippen LogP) is 2.37. The van der Waals surface area contributed by atoms with Crippen LogP contribution in [0.2, 0.25) is 0 Å². The summed E-state index contributed by atoms with van der Waals surface area (Å²) in [6, 6.07) is 9.31. The molecule has 1 N–H and O–H groups in total. The summed E-state index contributed by atoms with van der Waals surface area (Å²) in [6.45, 7) is 0.189. The van der Waals surface area contributed by atoms with Gasteiger partial charge in [-0.15, -0.1) is 16.4 Å². The molecular formula is C18H19FN4O3S2. The number of hydrogen-bond donors (Lipinski definition) is 1. The van der Waals surface area contributed by atoms with Crippen LogP contribution in [0.3, 0.4) is 0 Å². The molecule has 1 fully saturated rings. The molecule has 3 aromatic rings. The minimum atomic E-state index is -3.60. The average molecular weight is 423 g/mol. The molecule has 1 aliphatic rings. The predicted molar refractivity (Wildman–Crippen MR) is 105 cm³/mol. The third-order valence-corrected chi connectivity index (χ3v) is 6.66. The molecule has 1 saturated carbocycles. The number of rotatable bonds is 8. The zero-order chi connectivity index (χ0) is 19.7. The van der Waals surface area contributed by atoms with Crippen LogP contribution in [0.4, 0.5) is 4.39 Å². The molecule has 0 unspecified atom stereocenters. The first kappa shape index (κ1) is 19.0. The Morgan fingerprint density at radius 2 is 1.96 bits per heavy atom. The first-order valence-electron chi connectivity index (χ1n) is 8.88. The molecule has 1 aliphatic carbocycles. The lowest BCUT2D eigenvalue weighted by Gasteiger charge is -2.06. The highest BCUT2D eigenvalue weighted by Crippen LogP contribution is 2.37. The summed E-state index contributed by atoms with van der Waals surface area (Å²) in [7, 11) is -3.60. The first-order chi connectivity index (χ1) is 13.4. The minimum Gasteiger partial charge on any atom is -0.271 e. The lowest BCUT2D eigenvalue weighted by atomic mass is 10.2. The van der Waals surface area contributed by atoms with E-state index in [1.165, 1.54) is 40.3 Å². The second-order valence-electron chi connectivity index (χ2n) is 6.69. The van der Waals surface area contributed by atoms with E-state index >= 15 is 0 Å². The largest absolute Gasteiger partial charge is 0.346 e. The standard InChI is InChI=1S/C18H19FN4O3S2/c19-14-5-3-13(4-6-14)12-28(25,26)20-9-10-22-18(24)23(15-7-8-15)17(21-22)16-2-1-11-27-16/h1-6,11,15,20H,7-10,12H2. The number of hydrogen-bond acceptors (Lipinski definition) is 5. The van der Waals surface area contributed by atoms with Crippen LogP contribution in [0.25, 0.3) is 10.7 Å². The lowest BCUT2D eigenvalue weighted by molar-refractivity contribution is 0.546. The monoisotopic (exact) mass is 422 g/mol. The van der Waals surface area contributed by atoms with Crippen LogP contribution in [-0.2, 0) is 22.3 Å². The fourth-order valence-electron chi connectivity index (χ4n) is 2.96. The van der Waals surface area contributed by atoms with E-state index in [1.807, 2.05) is 17.5 Å². The Bertz CT molecular complexity index is 1110. The number of nitrogens with zero attached hydrogens (tertiary/aromatic N) is 3. The highest BCUT2D eigenvalue weighted by molar-refractivity contribution is 7.88. The Hall–Kier alpha value is -2.30. The van der Waals surface area contributed by atoms with Crippen LogP contribution in [-0.4, -0.2) is 29.3 Å². The van der Waals surface area contributed by atoms with Crippen molar-refractivity contribution in [2.24, 2.45) is 0 Å². The molecule has 7 nitrogen and oxygen atoms in total. The molecule has 28 heavy (non-hydrogen) atoms. The first-order valence-corrected chi connectivity index (χ1v) is 11.4. The van der Waals surface area contributed by atoms with Crippen LogP contribution in [0, 0.1) is 5.82 Å².